The molecule has 4 N–H and O–H groups in total. The molecule has 1 aliphatic heterocycles. The number of carbonyl (C=O) groups is 1. The van der Waals surface area contributed by atoms with Crippen LogP contribution in [-0.2, 0) is 17.6 Å². The molecule has 0 fully saturated rings. The maximum absolute atomic E-state index is 13.6. The number of nitrogens with two attached hydrogens (primary N) is 2. The molecule has 7 nitrogen and oxygen atoms in total. The van der Waals surface area contributed by atoms with E-state index in [1.807, 2.05) is 23.1 Å². The van der Waals surface area contributed by atoms with Crippen molar-refractivity contribution >= 4 is 51.0 Å². The van der Waals surface area contributed by atoms with Gasteiger partial charge in [0.25, 0.3) is 0 Å². The molecule has 2 aliphatic carbocycles. The van der Waals surface area contributed by atoms with Crippen molar-refractivity contribution in [3.05, 3.63) is 73.3 Å². The van der Waals surface area contributed by atoms with Crippen LogP contribution >= 0.6 is 22.9 Å². The summed E-state index contributed by atoms with van der Waals surface area (Å²) in [5.41, 5.74) is 17.7. The Hall–Kier alpha value is -3.85. The number of aromatic nitrogens is 1. The number of thiophene rings is 1. The number of hydrogen-bond acceptors (Lipinski definition) is 8. The number of ketones is 1. The molecule has 37 heavy (non-hydrogen) atoms. The Morgan fingerprint density at radius 1 is 1.05 bits per heavy atom. The molecular weight excluding hydrogens is 504 g/mol. The number of fused-ring (bicyclic) bond motifs is 2. The van der Waals surface area contributed by atoms with Gasteiger partial charge in [0.1, 0.15) is 34.3 Å². The van der Waals surface area contributed by atoms with E-state index in [4.69, 9.17) is 28.1 Å². The van der Waals surface area contributed by atoms with E-state index in [2.05, 4.69) is 12.1 Å². The van der Waals surface area contributed by atoms with Crippen LogP contribution in [0.5, 0.6) is 0 Å². The van der Waals surface area contributed by atoms with Crippen LogP contribution in [0.1, 0.15) is 70.7 Å². The van der Waals surface area contributed by atoms with E-state index in [0.717, 1.165) is 47.5 Å². The number of halogens is 1. The number of Topliss-reactive ketones (excluding diaryl/α,β-unsaturated/α-hetero) is 1. The van der Waals surface area contributed by atoms with Crippen molar-refractivity contribution < 1.29 is 4.79 Å². The molecule has 0 bridgehead atoms. The smallest absolute Gasteiger partial charge is 0.161 e. The average molecular weight is 527 g/mol. The number of nitrogen functional groups attached to an aromatic ring is 2. The van der Waals surface area contributed by atoms with Crippen molar-refractivity contribution in [2.45, 2.75) is 50.9 Å². The maximum atomic E-state index is 13.6. The van der Waals surface area contributed by atoms with Crippen LogP contribution < -0.4 is 16.4 Å². The van der Waals surface area contributed by atoms with Gasteiger partial charge in [0, 0.05) is 39.1 Å². The van der Waals surface area contributed by atoms with Crippen LogP contribution in [-0.4, -0.2) is 10.8 Å². The van der Waals surface area contributed by atoms with Gasteiger partial charge >= 0.3 is 0 Å². The minimum absolute atomic E-state index is 0.0245. The highest BCUT2D eigenvalue weighted by atomic mass is 35.5. The zero-order chi connectivity index (χ0) is 25.8. The number of anilines is 4. The van der Waals surface area contributed by atoms with E-state index < -0.39 is 5.92 Å². The lowest BCUT2D eigenvalue weighted by Gasteiger charge is -2.40. The van der Waals surface area contributed by atoms with Gasteiger partial charge in [0.05, 0.1) is 11.3 Å². The minimum atomic E-state index is -0.548. The quantitative estimate of drug-likeness (QED) is 0.426. The number of aryl methyl sites for hydroxylation is 1. The fraction of sp³-hybridized carbons (Fsp3) is 0.286. The van der Waals surface area contributed by atoms with Crippen LogP contribution in [0.15, 0.2) is 35.5 Å². The normalized spacial score (nSPS) is 18.5. The highest BCUT2D eigenvalue weighted by Crippen LogP contribution is 2.55. The van der Waals surface area contributed by atoms with Gasteiger partial charge in [-0.25, -0.2) is 4.98 Å². The maximum Gasteiger partial charge on any atom is 0.161 e. The van der Waals surface area contributed by atoms with Crippen molar-refractivity contribution in [3.63, 3.8) is 0 Å². The second-order valence-electron chi connectivity index (χ2n) is 9.60. The van der Waals surface area contributed by atoms with Gasteiger partial charge in [-0.05, 0) is 61.8 Å². The summed E-state index contributed by atoms with van der Waals surface area (Å²) in [6, 6.07) is 11.9. The van der Waals surface area contributed by atoms with Gasteiger partial charge in [-0.1, -0.05) is 23.7 Å². The average Bonchev–Trinajstić information content (AvgIpc) is 3.26. The van der Waals surface area contributed by atoms with E-state index in [1.54, 1.807) is 17.4 Å². The molecule has 3 aliphatic rings. The van der Waals surface area contributed by atoms with E-state index in [-0.39, 0.29) is 22.9 Å². The fourth-order valence-corrected chi connectivity index (χ4v) is 7.50. The van der Waals surface area contributed by atoms with Crippen LogP contribution in [0.4, 0.5) is 22.3 Å². The summed E-state index contributed by atoms with van der Waals surface area (Å²) < 4.78 is 0. The Bertz CT molecular complexity index is 1610. The first kappa shape index (κ1) is 23.5. The highest BCUT2D eigenvalue weighted by molar-refractivity contribution is 7.16. The van der Waals surface area contributed by atoms with Gasteiger partial charge < -0.3 is 11.5 Å². The molecule has 0 radical (unpaired) electrons. The molecule has 1 atom stereocenters. The molecule has 3 heterocycles. The molecule has 9 heteroatoms. The zero-order valence-electron chi connectivity index (χ0n) is 20.0. The topological polar surface area (TPSA) is 133 Å². The number of hydrogen-bond donors (Lipinski definition) is 2. The number of pyridine rings is 1. The molecule has 2 aromatic heterocycles. The first-order valence-electron chi connectivity index (χ1n) is 12.3. The Morgan fingerprint density at radius 3 is 2.59 bits per heavy atom. The van der Waals surface area contributed by atoms with Crippen molar-refractivity contribution in [2.24, 2.45) is 0 Å². The molecular formula is C28H23ClN6OS. The molecule has 0 unspecified atom stereocenters. The SMILES string of the molecule is N#Cc1c(N)nc2c(c1N)[C@H](c1cccc(Cl)c1)C1=C(CCCC1=O)N2c1sc2c(c1C#N)CCCC2. The molecule has 0 saturated heterocycles. The number of nitriles is 2. The van der Waals surface area contributed by atoms with Gasteiger partial charge in [0.2, 0.25) is 0 Å². The summed E-state index contributed by atoms with van der Waals surface area (Å²) in [6.07, 6.45) is 5.67. The van der Waals surface area contributed by atoms with Crippen molar-refractivity contribution in [3.8, 4) is 12.1 Å². The van der Waals surface area contributed by atoms with Crippen molar-refractivity contribution in [1.29, 1.82) is 10.5 Å². The zero-order valence-corrected chi connectivity index (χ0v) is 21.5. The third-order valence-corrected chi connectivity index (χ3v) is 9.04. The van der Waals surface area contributed by atoms with Crippen molar-refractivity contribution in [1.82, 2.24) is 4.98 Å². The predicted octanol–water partition coefficient (Wildman–Crippen LogP) is 5.87. The lowest BCUT2D eigenvalue weighted by atomic mass is 9.74. The number of benzene rings is 1. The summed E-state index contributed by atoms with van der Waals surface area (Å²) >= 11 is 7.97. The fourth-order valence-electron chi connectivity index (χ4n) is 5.94. The van der Waals surface area contributed by atoms with Crippen LogP contribution in [0.3, 0.4) is 0 Å². The first-order valence-corrected chi connectivity index (χ1v) is 13.5. The number of nitrogens with zero attached hydrogens (tertiary/aromatic N) is 4. The van der Waals surface area contributed by atoms with Crippen LogP contribution in [0.25, 0.3) is 0 Å². The summed E-state index contributed by atoms with van der Waals surface area (Å²) in [6.45, 7) is 0. The monoisotopic (exact) mass is 526 g/mol. The van der Waals surface area contributed by atoms with Crippen LogP contribution in [0, 0.1) is 22.7 Å². The second-order valence-corrected chi connectivity index (χ2v) is 11.1. The number of carbonyl (C=O) groups excluding carboxylic acids is 1. The third kappa shape index (κ3) is 3.52. The lowest BCUT2D eigenvalue weighted by Crippen LogP contribution is -2.34. The molecule has 184 valence electrons. The third-order valence-electron chi connectivity index (χ3n) is 7.53. The standard InChI is InChI=1S/C28H23ClN6OS/c29-15-6-3-5-14(11-15)22-23-19(8-4-9-20(23)36)35(27-24(22)25(32)18(13-31)26(33)34-27)28-17(12-30)16-7-1-2-10-21(16)37-28/h3,5-6,11,22H,1-2,4,7-10H2,(H4,32,33,34)/t22-/m1/s1. The Labute approximate surface area is 223 Å². The van der Waals surface area contributed by atoms with Crippen LogP contribution in [0.2, 0.25) is 5.02 Å². The molecule has 6 rings (SSSR count). The molecule has 0 saturated carbocycles. The summed E-state index contributed by atoms with van der Waals surface area (Å²) in [4.78, 5) is 21.5. The van der Waals surface area contributed by atoms with Crippen molar-refractivity contribution in [2.75, 3.05) is 16.4 Å². The Kier molecular flexibility index (Phi) is 5.67. The highest BCUT2D eigenvalue weighted by Gasteiger charge is 2.43. The van der Waals surface area contributed by atoms with E-state index in [1.165, 1.54) is 4.88 Å². The number of allylic oxidation sites excluding steroid dienone is 2. The molecule has 1 aromatic carbocycles. The predicted molar refractivity (Wildman–Crippen MR) is 145 cm³/mol. The van der Waals surface area contributed by atoms with E-state index in [0.29, 0.717) is 46.8 Å². The minimum Gasteiger partial charge on any atom is -0.397 e. The molecule has 3 aromatic rings. The van der Waals surface area contributed by atoms with Gasteiger partial charge in [-0.3, -0.25) is 9.69 Å². The largest absolute Gasteiger partial charge is 0.397 e. The second kappa shape index (κ2) is 8.92. The van der Waals surface area contributed by atoms with E-state index >= 15 is 0 Å². The summed E-state index contributed by atoms with van der Waals surface area (Å²) in [5.74, 6) is -0.0216. The van der Waals surface area contributed by atoms with Gasteiger partial charge in [-0.15, -0.1) is 11.3 Å². The molecule has 0 amide bonds. The number of rotatable bonds is 2. The van der Waals surface area contributed by atoms with Gasteiger partial charge in [0.15, 0.2) is 5.78 Å². The Morgan fingerprint density at radius 2 is 1.84 bits per heavy atom. The summed E-state index contributed by atoms with van der Waals surface area (Å²) in [7, 11) is 0. The first-order chi connectivity index (χ1) is 17.9. The molecule has 0 spiro atoms. The lowest BCUT2D eigenvalue weighted by molar-refractivity contribution is -0.116. The van der Waals surface area contributed by atoms with E-state index in [9.17, 15) is 15.3 Å². The van der Waals surface area contributed by atoms with Gasteiger partial charge in [-0.2, -0.15) is 10.5 Å². The Balaban J connectivity index is 1.73. The summed E-state index contributed by atoms with van der Waals surface area (Å²) in [5, 5.41) is 21.4.